The van der Waals surface area contributed by atoms with E-state index in [-0.39, 0.29) is 5.82 Å². The Hall–Kier alpha value is -1.71. The van der Waals surface area contributed by atoms with Crippen molar-refractivity contribution in [3.05, 3.63) is 59.9 Å². The minimum absolute atomic E-state index is 0.197. The molecule has 0 saturated carbocycles. The topological polar surface area (TPSA) is 12.5 Å². The predicted octanol–water partition coefficient (Wildman–Crippen LogP) is 3.32. The van der Waals surface area contributed by atoms with Gasteiger partial charge in [-0.15, -0.1) is 0 Å². The summed E-state index contributed by atoms with van der Waals surface area (Å²) in [5, 5.41) is 0. The van der Waals surface area contributed by atoms with Gasteiger partial charge in [0.25, 0.3) is 0 Å². The fraction of sp³-hybridized carbons (Fsp3) is 0.294. The number of rotatable bonds is 3. The number of benzene rings is 2. The van der Waals surface area contributed by atoms with Crippen LogP contribution in [0.25, 0.3) is 11.1 Å². The van der Waals surface area contributed by atoms with Gasteiger partial charge in [-0.05, 0) is 28.8 Å². The number of morpholine rings is 1. The summed E-state index contributed by atoms with van der Waals surface area (Å²) in [6, 6.07) is 15.1. The fourth-order valence-corrected chi connectivity index (χ4v) is 2.46. The number of hydrogen-bond donors (Lipinski definition) is 0. The van der Waals surface area contributed by atoms with E-state index in [2.05, 4.69) is 29.2 Å². The molecule has 0 radical (unpaired) electrons. The van der Waals surface area contributed by atoms with Crippen molar-refractivity contribution in [2.75, 3.05) is 26.3 Å². The molecule has 1 heterocycles. The monoisotopic (exact) mass is 271 g/mol. The fourth-order valence-electron chi connectivity index (χ4n) is 2.46. The van der Waals surface area contributed by atoms with Gasteiger partial charge in [-0.25, -0.2) is 4.39 Å². The van der Waals surface area contributed by atoms with Gasteiger partial charge in [0.15, 0.2) is 0 Å². The normalized spacial score (nSPS) is 16.2. The molecule has 1 saturated heterocycles. The van der Waals surface area contributed by atoms with E-state index < -0.39 is 0 Å². The highest BCUT2D eigenvalue weighted by Crippen LogP contribution is 2.20. The molecule has 0 amide bonds. The number of nitrogens with zero attached hydrogens (tertiary/aromatic N) is 1. The summed E-state index contributed by atoms with van der Waals surface area (Å²) in [6.07, 6.45) is 0. The summed E-state index contributed by atoms with van der Waals surface area (Å²) < 4.78 is 18.3. The average molecular weight is 271 g/mol. The van der Waals surface area contributed by atoms with Crippen molar-refractivity contribution in [2.24, 2.45) is 0 Å². The van der Waals surface area contributed by atoms with Crippen LogP contribution in [0, 0.1) is 5.82 Å². The standard InChI is InChI=1S/C17H18FNO/c18-17-7-5-16(6-8-17)15-3-1-14(2-4-15)13-19-9-11-20-12-10-19/h1-8H,9-13H2. The molecule has 2 aromatic carbocycles. The molecule has 20 heavy (non-hydrogen) atoms. The highest BCUT2D eigenvalue weighted by atomic mass is 19.1. The zero-order chi connectivity index (χ0) is 13.8. The Morgan fingerprint density at radius 1 is 0.850 bits per heavy atom. The second-order valence-electron chi connectivity index (χ2n) is 5.09. The summed E-state index contributed by atoms with van der Waals surface area (Å²) in [5.74, 6) is -0.197. The minimum atomic E-state index is -0.197. The van der Waals surface area contributed by atoms with Crippen LogP contribution in [0.3, 0.4) is 0 Å². The van der Waals surface area contributed by atoms with Crippen LogP contribution < -0.4 is 0 Å². The van der Waals surface area contributed by atoms with Crippen molar-refractivity contribution in [1.82, 2.24) is 4.90 Å². The molecule has 0 spiro atoms. The van der Waals surface area contributed by atoms with Gasteiger partial charge >= 0.3 is 0 Å². The van der Waals surface area contributed by atoms with E-state index >= 15 is 0 Å². The van der Waals surface area contributed by atoms with Crippen LogP contribution in [0.1, 0.15) is 5.56 Å². The van der Waals surface area contributed by atoms with Gasteiger partial charge in [0.05, 0.1) is 13.2 Å². The van der Waals surface area contributed by atoms with E-state index in [9.17, 15) is 4.39 Å². The SMILES string of the molecule is Fc1ccc(-c2ccc(CN3CCOCC3)cc2)cc1. The zero-order valence-corrected chi connectivity index (χ0v) is 11.4. The van der Waals surface area contributed by atoms with Crippen LogP contribution in [0.5, 0.6) is 0 Å². The van der Waals surface area contributed by atoms with Crippen LogP contribution in [0.4, 0.5) is 4.39 Å². The summed E-state index contributed by atoms with van der Waals surface area (Å²) in [7, 11) is 0. The van der Waals surface area contributed by atoms with Gasteiger partial charge in [-0.1, -0.05) is 36.4 Å². The first kappa shape index (κ1) is 13.3. The van der Waals surface area contributed by atoms with Gasteiger partial charge in [-0.2, -0.15) is 0 Å². The van der Waals surface area contributed by atoms with E-state index in [4.69, 9.17) is 4.74 Å². The Bertz CT molecular complexity index is 544. The minimum Gasteiger partial charge on any atom is -0.379 e. The molecule has 1 aliphatic heterocycles. The predicted molar refractivity (Wildman–Crippen MR) is 77.9 cm³/mol. The third kappa shape index (κ3) is 3.24. The molecular weight excluding hydrogens is 253 g/mol. The maximum atomic E-state index is 12.9. The molecule has 3 rings (SSSR count). The lowest BCUT2D eigenvalue weighted by atomic mass is 10.0. The number of ether oxygens (including phenoxy) is 1. The van der Waals surface area contributed by atoms with Crippen LogP contribution in [-0.4, -0.2) is 31.2 Å². The average Bonchev–Trinajstić information content (AvgIpc) is 2.50. The van der Waals surface area contributed by atoms with Crippen molar-refractivity contribution in [3.8, 4) is 11.1 Å². The molecule has 2 nitrogen and oxygen atoms in total. The number of hydrogen-bond acceptors (Lipinski definition) is 2. The first-order valence-corrected chi connectivity index (χ1v) is 6.96. The maximum absolute atomic E-state index is 12.9. The molecular formula is C17H18FNO. The molecule has 1 fully saturated rings. The Kier molecular flexibility index (Phi) is 4.09. The van der Waals surface area contributed by atoms with Crippen molar-refractivity contribution in [1.29, 1.82) is 0 Å². The van der Waals surface area contributed by atoms with Crippen LogP contribution >= 0.6 is 0 Å². The van der Waals surface area contributed by atoms with Gasteiger partial charge < -0.3 is 4.74 Å². The summed E-state index contributed by atoms with van der Waals surface area (Å²) >= 11 is 0. The van der Waals surface area contributed by atoms with E-state index in [1.54, 1.807) is 0 Å². The molecule has 1 aliphatic rings. The van der Waals surface area contributed by atoms with Crippen molar-refractivity contribution in [2.45, 2.75) is 6.54 Å². The van der Waals surface area contributed by atoms with E-state index in [1.165, 1.54) is 17.7 Å². The van der Waals surface area contributed by atoms with Crippen molar-refractivity contribution in [3.63, 3.8) is 0 Å². The second-order valence-corrected chi connectivity index (χ2v) is 5.09. The Balaban J connectivity index is 1.69. The van der Waals surface area contributed by atoms with E-state index in [0.29, 0.717) is 0 Å². The smallest absolute Gasteiger partial charge is 0.123 e. The van der Waals surface area contributed by atoms with Gasteiger partial charge in [0.2, 0.25) is 0 Å². The molecule has 0 N–H and O–H groups in total. The lowest BCUT2D eigenvalue weighted by Crippen LogP contribution is -2.35. The first-order valence-electron chi connectivity index (χ1n) is 6.96. The molecule has 0 atom stereocenters. The maximum Gasteiger partial charge on any atom is 0.123 e. The third-order valence-corrected chi connectivity index (χ3v) is 3.64. The largest absolute Gasteiger partial charge is 0.379 e. The highest BCUT2D eigenvalue weighted by Gasteiger charge is 2.10. The van der Waals surface area contributed by atoms with Gasteiger partial charge in [0, 0.05) is 19.6 Å². The molecule has 0 aliphatic carbocycles. The first-order chi connectivity index (χ1) is 9.81. The Labute approximate surface area is 118 Å². The van der Waals surface area contributed by atoms with Gasteiger partial charge in [-0.3, -0.25) is 4.90 Å². The van der Waals surface area contributed by atoms with E-state index in [1.807, 2.05) is 12.1 Å². The molecule has 104 valence electrons. The lowest BCUT2D eigenvalue weighted by molar-refractivity contribution is 0.0342. The summed E-state index contributed by atoms with van der Waals surface area (Å²) in [6.45, 7) is 4.62. The van der Waals surface area contributed by atoms with Crippen molar-refractivity contribution >= 4 is 0 Å². The molecule has 0 bridgehead atoms. The molecule has 0 aromatic heterocycles. The molecule has 2 aromatic rings. The van der Waals surface area contributed by atoms with Crippen molar-refractivity contribution < 1.29 is 9.13 Å². The van der Waals surface area contributed by atoms with Crippen LogP contribution in [0.2, 0.25) is 0 Å². The Morgan fingerprint density at radius 2 is 1.40 bits per heavy atom. The van der Waals surface area contributed by atoms with Crippen LogP contribution in [-0.2, 0) is 11.3 Å². The second kappa shape index (κ2) is 6.16. The molecule has 3 heteroatoms. The van der Waals surface area contributed by atoms with Crippen LogP contribution in [0.15, 0.2) is 48.5 Å². The molecule has 0 unspecified atom stereocenters. The lowest BCUT2D eigenvalue weighted by Gasteiger charge is -2.26. The summed E-state index contributed by atoms with van der Waals surface area (Å²) in [4.78, 5) is 2.40. The summed E-state index contributed by atoms with van der Waals surface area (Å²) in [5.41, 5.74) is 3.47. The quantitative estimate of drug-likeness (QED) is 0.849. The third-order valence-electron chi connectivity index (χ3n) is 3.64. The zero-order valence-electron chi connectivity index (χ0n) is 11.4. The highest BCUT2D eigenvalue weighted by molar-refractivity contribution is 5.63. The Morgan fingerprint density at radius 3 is 2.00 bits per heavy atom. The van der Waals surface area contributed by atoms with E-state index in [0.717, 1.165) is 44.0 Å². The van der Waals surface area contributed by atoms with Gasteiger partial charge in [0.1, 0.15) is 5.82 Å². The number of halogens is 1.